The summed E-state index contributed by atoms with van der Waals surface area (Å²) in [6, 6.07) is 0. The van der Waals surface area contributed by atoms with E-state index < -0.39 is 17.1 Å². The van der Waals surface area contributed by atoms with Gasteiger partial charge in [-0.1, -0.05) is 0 Å². The van der Waals surface area contributed by atoms with Crippen LogP contribution in [0.25, 0.3) is 0 Å². The van der Waals surface area contributed by atoms with Gasteiger partial charge in [-0.05, 0) is 0 Å². The van der Waals surface area contributed by atoms with Crippen LogP contribution in [0.4, 0.5) is 4.39 Å². The van der Waals surface area contributed by atoms with Crippen LogP contribution < -0.4 is 0 Å². The van der Waals surface area contributed by atoms with Crippen molar-refractivity contribution in [1.82, 2.24) is 0 Å². The van der Waals surface area contributed by atoms with Crippen molar-refractivity contribution in [3.63, 3.8) is 0 Å². The van der Waals surface area contributed by atoms with Crippen molar-refractivity contribution in [2.24, 2.45) is 0 Å². The highest BCUT2D eigenvalue weighted by Crippen LogP contribution is 2.19. The number of halogens is 1. The predicted octanol–water partition coefficient (Wildman–Crippen LogP) is 0.427. The van der Waals surface area contributed by atoms with Gasteiger partial charge in [0.25, 0.3) is 0 Å². The second-order valence-corrected chi connectivity index (χ2v) is 2.14. The zero-order valence-electron chi connectivity index (χ0n) is 5.44. The van der Waals surface area contributed by atoms with Gasteiger partial charge in [0.1, 0.15) is 6.42 Å². The smallest absolute Gasteiger partial charge is 0.393 e. The van der Waals surface area contributed by atoms with Crippen LogP contribution in [0.2, 0.25) is 0 Å². The Hall–Kier alpha value is -1.46. The van der Waals surface area contributed by atoms with Gasteiger partial charge in [0, 0.05) is 0 Å². The Morgan fingerprint density at radius 2 is 2.36 bits per heavy atom. The summed E-state index contributed by atoms with van der Waals surface area (Å²) in [7, 11) is 0. The molecule has 0 amide bonds. The monoisotopic (exact) mass is 160 g/mol. The molecule has 0 unspecified atom stereocenters. The zero-order chi connectivity index (χ0) is 8.48. The summed E-state index contributed by atoms with van der Waals surface area (Å²) >= 11 is 0. The fourth-order valence-corrected chi connectivity index (χ4v) is 0.670. The third kappa shape index (κ3) is 1.34. The molecule has 0 bridgehead atoms. The number of hydroxylamine groups is 1. The van der Waals surface area contributed by atoms with Crippen molar-refractivity contribution in [3.05, 3.63) is 27.6 Å². The Morgan fingerprint density at radius 1 is 1.73 bits per heavy atom. The maximum atomic E-state index is 12.9. The molecule has 0 fully saturated rings. The molecule has 1 aliphatic heterocycles. The van der Waals surface area contributed by atoms with Crippen LogP contribution in [0.5, 0.6) is 0 Å². The molecule has 0 aromatic heterocycles. The van der Waals surface area contributed by atoms with E-state index in [1.165, 1.54) is 0 Å². The molecule has 0 N–H and O–H groups in total. The first-order chi connectivity index (χ1) is 5.04. The van der Waals surface area contributed by atoms with Gasteiger partial charge in [0.05, 0.1) is 11.0 Å². The van der Waals surface area contributed by atoms with Gasteiger partial charge in [-0.3, -0.25) is 10.1 Å². The average Bonchev–Trinajstić information content (AvgIpc) is 1.95. The van der Waals surface area contributed by atoms with E-state index in [4.69, 9.17) is 0 Å². The van der Waals surface area contributed by atoms with Crippen molar-refractivity contribution in [2.45, 2.75) is 12.2 Å². The van der Waals surface area contributed by atoms with Gasteiger partial charge < -0.3 is 5.21 Å². The van der Waals surface area contributed by atoms with Gasteiger partial charge in [-0.15, -0.1) is 0 Å². The molecule has 0 aliphatic carbocycles. The van der Waals surface area contributed by atoms with Gasteiger partial charge in [0.15, 0.2) is 12.4 Å². The van der Waals surface area contributed by atoms with E-state index in [1.807, 2.05) is 0 Å². The number of alkyl halides is 1. The molecule has 0 spiro atoms. The molecule has 0 aromatic carbocycles. The summed E-state index contributed by atoms with van der Waals surface area (Å²) in [4.78, 5) is 8.96. The highest BCUT2D eigenvalue weighted by atomic mass is 19.1. The fraction of sp³-hybridized carbons (Fsp3) is 0.400. The molecular weight excluding hydrogens is 155 g/mol. The van der Waals surface area contributed by atoms with E-state index in [0.29, 0.717) is 10.8 Å². The molecule has 0 radical (unpaired) electrons. The van der Waals surface area contributed by atoms with E-state index in [0.717, 1.165) is 12.4 Å². The Balaban J connectivity index is 2.82. The summed E-state index contributed by atoms with van der Waals surface area (Å²) in [5.74, 6) is -2.60. The Kier molecular flexibility index (Phi) is 1.60. The molecular formula is C5H5FN2O3. The first-order valence-electron chi connectivity index (χ1n) is 2.86. The zero-order valence-corrected chi connectivity index (χ0v) is 5.44. The second-order valence-electron chi connectivity index (χ2n) is 2.14. The van der Waals surface area contributed by atoms with Crippen LogP contribution in [-0.2, 0) is 0 Å². The number of hydrogen-bond donors (Lipinski definition) is 0. The predicted molar refractivity (Wildman–Crippen MR) is 34.3 cm³/mol. The lowest BCUT2D eigenvalue weighted by atomic mass is 10.1. The lowest BCUT2D eigenvalue weighted by molar-refractivity contribution is -0.591. The molecule has 1 aliphatic rings. The average molecular weight is 160 g/mol. The van der Waals surface area contributed by atoms with E-state index in [9.17, 15) is 19.7 Å². The lowest BCUT2D eigenvalue weighted by Gasteiger charge is -2.11. The maximum absolute atomic E-state index is 12.9. The van der Waals surface area contributed by atoms with Crippen molar-refractivity contribution in [3.8, 4) is 0 Å². The van der Waals surface area contributed by atoms with E-state index in [2.05, 4.69) is 0 Å². The van der Waals surface area contributed by atoms with Crippen LogP contribution in [0.15, 0.2) is 12.3 Å². The topological polar surface area (TPSA) is 69.2 Å². The largest absolute Gasteiger partial charge is 0.619 e. The minimum absolute atomic E-state index is 0.335. The second kappa shape index (κ2) is 2.30. The molecule has 6 heteroatoms. The number of hydrogen-bond acceptors (Lipinski definition) is 3. The maximum Gasteiger partial charge on any atom is 0.393 e. The van der Waals surface area contributed by atoms with E-state index in [-0.39, 0.29) is 0 Å². The number of rotatable bonds is 1. The Labute approximate surface area is 61.2 Å². The van der Waals surface area contributed by atoms with Crippen LogP contribution in [0.3, 0.4) is 0 Å². The summed E-state index contributed by atoms with van der Waals surface area (Å²) in [5.41, 5.74) is 0. The highest BCUT2D eigenvalue weighted by Gasteiger charge is 2.43. The molecule has 5 nitrogen and oxygen atoms in total. The quantitative estimate of drug-likeness (QED) is 0.183. The van der Waals surface area contributed by atoms with Gasteiger partial charge >= 0.3 is 5.79 Å². The molecule has 60 valence electrons. The molecule has 1 heterocycles. The minimum atomic E-state index is -2.60. The molecule has 0 saturated heterocycles. The molecule has 11 heavy (non-hydrogen) atoms. The van der Waals surface area contributed by atoms with Crippen LogP contribution in [0.1, 0.15) is 6.42 Å². The van der Waals surface area contributed by atoms with Crippen molar-refractivity contribution >= 4 is 6.21 Å². The first kappa shape index (κ1) is 7.64. The standard InChI is InChI=1S/C5H5FN2O3/c6-5(8(10)11)1-3-7(9)4-2-5/h1,3-4H,2H2/t5-/m1/s1. The molecule has 1 rings (SSSR count). The third-order valence-corrected chi connectivity index (χ3v) is 1.34. The highest BCUT2D eigenvalue weighted by molar-refractivity contribution is 5.54. The lowest BCUT2D eigenvalue weighted by Crippen LogP contribution is -2.34. The first-order valence-corrected chi connectivity index (χ1v) is 2.86. The van der Waals surface area contributed by atoms with Gasteiger partial charge in [0.2, 0.25) is 0 Å². The third-order valence-electron chi connectivity index (χ3n) is 1.34. The molecule has 0 saturated carbocycles. The summed E-state index contributed by atoms with van der Waals surface area (Å²) in [6.07, 6.45) is 1.79. The SMILES string of the molecule is O=[N+]([O-])[C@]1(F)C=C[N+]([O-])=CC1. The fourth-order valence-electron chi connectivity index (χ4n) is 0.670. The molecule has 1 atom stereocenters. The van der Waals surface area contributed by atoms with Crippen molar-refractivity contribution in [1.29, 1.82) is 0 Å². The Morgan fingerprint density at radius 3 is 2.73 bits per heavy atom. The van der Waals surface area contributed by atoms with Crippen molar-refractivity contribution in [2.75, 3.05) is 0 Å². The number of nitrogens with zero attached hydrogens (tertiary/aromatic N) is 2. The normalized spacial score (nSPS) is 29.7. The van der Waals surface area contributed by atoms with Crippen LogP contribution in [-0.4, -0.2) is 21.7 Å². The van der Waals surface area contributed by atoms with E-state index in [1.54, 1.807) is 0 Å². The van der Waals surface area contributed by atoms with Gasteiger partial charge in [-0.2, -0.15) is 9.13 Å². The van der Waals surface area contributed by atoms with Gasteiger partial charge in [-0.25, -0.2) is 0 Å². The Bertz CT molecular complexity index is 250. The van der Waals surface area contributed by atoms with Crippen LogP contribution in [0, 0.1) is 15.3 Å². The van der Waals surface area contributed by atoms with Crippen LogP contribution >= 0.6 is 0 Å². The van der Waals surface area contributed by atoms with E-state index >= 15 is 0 Å². The number of nitro groups is 1. The summed E-state index contributed by atoms with van der Waals surface area (Å²) in [5, 5.41) is 20.4. The summed E-state index contributed by atoms with van der Waals surface area (Å²) < 4.78 is 13.2. The summed E-state index contributed by atoms with van der Waals surface area (Å²) in [6.45, 7) is 0. The minimum Gasteiger partial charge on any atom is -0.619 e. The molecule has 0 aromatic rings. The van der Waals surface area contributed by atoms with Crippen molar-refractivity contribution < 1.29 is 14.1 Å².